The zero-order valence-electron chi connectivity index (χ0n) is 15.7. The second-order valence-corrected chi connectivity index (χ2v) is 8.14. The van der Waals surface area contributed by atoms with Crippen molar-refractivity contribution in [2.45, 2.75) is 12.8 Å². The number of ether oxygens (including phenoxy) is 2. The Morgan fingerprint density at radius 3 is 2.38 bits per heavy atom. The fourth-order valence-electron chi connectivity index (χ4n) is 2.68. The molecule has 0 fully saturated rings. The summed E-state index contributed by atoms with van der Waals surface area (Å²) in [5.41, 5.74) is 2.01. The van der Waals surface area contributed by atoms with Crippen LogP contribution >= 0.6 is 31.9 Å². The van der Waals surface area contributed by atoms with Gasteiger partial charge in [-0.15, -0.1) is 0 Å². The molecule has 29 heavy (non-hydrogen) atoms. The maximum absolute atomic E-state index is 12.1. The minimum absolute atomic E-state index is 0.0715. The van der Waals surface area contributed by atoms with Gasteiger partial charge in [0.2, 0.25) is 0 Å². The first kappa shape index (κ1) is 21.4. The number of nitrogens with one attached hydrogen (secondary N) is 1. The number of carbonyl (C=O) groups excluding carboxylic acids is 1. The van der Waals surface area contributed by atoms with Gasteiger partial charge in [-0.05, 0) is 76.8 Å². The maximum atomic E-state index is 12.1. The Labute approximate surface area is 187 Å². The van der Waals surface area contributed by atoms with E-state index in [9.17, 15) is 4.79 Å². The van der Waals surface area contributed by atoms with Crippen molar-refractivity contribution in [2.75, 3.05) is 18.5 Å². The van der Waals surface area contributed by atoms with E-state index < -0.39 is 0 Å². The van der Waals surface area contributed by atoms with Gasteiger partial charge in [0.1, 0.15) is 11.5 Å². The molecule has 3 aromatic rings. The lowest BCUT2D eigenvalue weighted by molar-refractivity contribution is -0.118. The van der Waals surface area contributed by atoms with Crippen LogP contribution in [-0.2, 0) is 11.2 Å². The minimum atomic E-state index is -0.226. The SMILES string of the molecule is O=C(COc1ccc(Br)cc1Br)Nc1ccc(OCCCc2ccccc2)cc1. The van der Waals surface area contributed by atoms with Crippen molar-refractivity contribution in [3.05, 3.63) is 87.3 Å². The van der Waals surface area contributed by atoms with Crippen molar-refractivity contribution < 1.29 is 14.3 Å². The zero-order chi connectivity index (χ0) is 20.5. The third-order valence-electron chi connectivity index (χ3n) is 4.11. The molecular weight excluding hydrogens is 498 g/mol. The molecule has 0 aliphatic heterocycles. The van der Waals surface area contributed by atoms with E-state index in [1.807, 2.05) is 54.6 Å². The Hall–Kier alpha value is -2.31. The summed E-state index contributed by atoms with van der Waals surface area (Å²) in [5.74, 6) is 1.17. The molecule has 0 atom stereocenters. The predicted molar refractivity (Wildman–Crippen MR) is 123 cm³/mol. The number of hydrogen-bond donors (Lipinski definition) is 1. The van der Waals surface area contributed by atoms with Gasteiger partial charge in [0, 0.05) is 10.2 Å². The van der Waals surface area contributed by atoms with Gasteiger partial charge < -0.3 is 14.8 Å². The zero-order valence-corrected chi connectivity index (χ0v) is 18.9. The highest BCUT2D eigenvalue weighted by atomic mass is 79.9. The Kier molecular flexibility index (Phi) is 8.14. The predicted octanol–water partition coefficient (Wildman–Crippen LogP) is 6.24. The number of benzene rings is 3. The van der Waals surface area contributed by atoms with Crippen molar-refractivity contribution in [2.24, 2.45) is 0 Å². The molecule has 0 spiro atoms. The second kappa shape index (κ2) is 11.0. The maximum Gasteiger partial charge on any atom is 0.262 e. The standard InChI is InChI=1S/C23H21Br2NO3/c24-18-8-13-22(21(25)15-18)29-16-23(27)26-19-9-11-20(12-10-19)28-14-4-7-17-5-2-1-3-6-17/h1-3,5-6,8-13,15H,4,7,14,16H2,(H,26,27). The van der Waals surface area contributed by atoms with Gasteiger partial charge in [-0.2, -0.15) is 0 Å². The molecule has 150 valence electrons. The fourth-order valence-corrected chi connectivity index (χ4v) is 3.84. The molecule has 1 amide bonds. The summed E-state index contributed by atoms with van der Waals surface area (Å²) in [7, 11) is 0. The molecule has 0 bridgehead atoms. The third-order valence-corrected chi connectivity index (χ3v) is 5.23. The first-order chi connectivity index (χ1) is 14.1. The van der Waals surface area contributed by atoms with Crippen molar-refractivity contribution in [3.63, 3.8) is 0 Å². The van der Waals surface area contributed by atoms with Gasteiger partial charge in [-0.1, -0.05) is 46.3 Å². The van der Waals surface area contributed by atoms with Crippen LogP contribution in [0.15, 0.2) is 81.7 Å². The van der Waals surface area contributed by atoms with Crippen LogP contribution in [-0.4, -0.2) is 19.1 Å². The van der Waals surface area contributed by atoms with E-state index in [1.54, 1.807) is 6.07 Å². The van der Waals surface area contributed by atoms with E-state index in [4.69, 9.17) is 9.47 Å². The normalized spacial score (nSPS) is 10.4. The largest absolute Gasteiger partial charge is 0.494 e. The first-order valence-electron chi connectivity index (χ1n) is 9.24. The third kappa shape index (κ3) is 7.22. The molecule has 1 N–H and O–H groups in total. The number of amides is 1. The second-order valence-electron chi connectivity index (χ2n) is 6.37. The lowest BCUT2D eigenvalue weighted by Gasteiger charge is -2.10. The van der Waals surface area contributed by atoms with Crippen LogP contribution in [0.5, 0.6) is 11.5 Å². The Morgan fingerprint density at radius 1 is 0.897 bits per heavy atom. The molecule has 0 unspecified atom stereocenters. The molecule has 0 heterocycles. The minimum Gasteiger partial charge on any atom is -0.494 e. The van der Waals surface area contributed by atoms with Gasteiger partial charge in [-0.25, -0.2) is 0 Å². The van der Waals surface area contributed by atoms with Crippen molar-refractivity contribution >= 4 is 43.5 Å². The molecule has 3 aromatic carbocycles. The first-order valence-corrected chi connectivity index (χ1v) is 10.8. The van der Waals surface area contributed by atoms with E-state index in [0.29, 0.717) is 18.0 Å². The molecule has 0 saturated carbocycles. The smallest absolute Gasteiger partial charge is 0.262 e. The van der Waals surface area contributed by atoms with Gasteiger partial charge in [-0.3, -0.25) is 4.79 Å². The van der Waals surface area contributed by atoms with Crippen LogP contribution in [0, 0.1) is 0 Å². The van der Waals surface area contributed by atoms with Crippen LogP contribution in [0.4, 0.5) is 5.69 Å². The summed E-state index contributed by atoms with van der Waals surface area (Å²) in [6, 6.07) is 23.2. The summed E-state index contributed by atoms with van der Waals surface area (Å²) in [5, 5.41) is 2.81. The highest BCUT2D eigenvalue weighted by Crippen LogP contribution is 2.28. The highest BCUT2D eigenvalue weighted by Gasteiger charge is 2.07. The summed E-state index contributed by atoms with van der Waals surface area (Å²) in [6.07, 6.45) is 1.94. The number of aryl methyl sites for hydroxylation is 1. The Balaban J connectivity index is 1.39. The van der Waals surface area contributed by atoms with Gasteiger partial charge in [0.25, 0.3) is 5.91 Å². The summed E-state index contributed by atoms with van der Waals surface area (Å²) in [6.45, 7) is 0.578. The lowest BCUT2D eigenvalue weighted by atomic mass is 10.1. The molecule has 6 heteroatoms. The van der Waals surface area contributed by atoms with Gasteiger partial charge >= 0.3 is 0 Å². The van der Waals surface area contributed by atoms with Gasteiger partial charge in [0.15, 0.2) is 6.61 Å². The quantitative estimate of drug-likeness (QED) is 0.341. The van der Waals surface area contributed by atoms with E-state index in [2.05, 4.69) is 49.3 Å². The topological polar surface area (TPSA) is 47.6 Å². The molecule has 0 radical (unpaired) electrons. The molecule has 0 aromatic heterocycles. The number of carbonyl (C=O) groups is 1. The summed E-state index contributed by atoms with van der Waals surface area (Å²) < 4.78 is 13.0. The Morgan fingerprint density at radius 2 is 1.66 bits per heavy atom. The average molecular weight is 519 g/mol. The highest BCUT2D eigenvalue weighted by molar-refractivity contribution is 9.11. The van der Waals surface area contributed by atoms with E-state index in [1.165, 1.54) is 5.56 Å². The molecule has 0 saturated heterocycles. The van der Waals surface area contributed by atoms with Crippen LogP contribution in [0.25, 0.3) is 0 Å². The molecule has 0 aliphatic carbocycles. The Bertz CT molecular complexity index is 931. The number of anilines is 1. The van der Waals surface area contributed by atoms with Crippen molar-refractivity contribution in [1.29, 1.82) is 0 Å². The molecule has 0 aliphatic rings. The van der Waals surface area contributed by atoms with Crippen LogP contribution < -0.4 is 14.8 Å². The lowest BCUT2D eigenvalue weighted by Crippen LogP contribution is -2.20. The summed E-state index contributed by atoms with van der Waals surface area (Å²) in [4.78, 5) is 12.1. The average Bonchev–Trinajstić information content (AvgIpc) is 2.72. The number of hydrogen-bond acceptors (Lipinski definition) is 3. The van der Waals surface area contributed by atoms with Crippen molar-refractivity contribution in [1.82, 2.24) is 0 Å². The van der Waals surface area contributed by atoms with E-state index in [0.717, 1.165) is 27.5 Å². The van der Waals surface area contributed by atoms with E-state index >= 15 is 0 Å². The van der Waals surface area contributed by atoms with Gasteiger partial charge in [0.05, 0.1) is 11.1 Å². The van der Waals surface area contributed by atoms with Crippen LogP contribution in [0.2, 0.25) is 0 Å². The molecular formula is C23H21Br2NO3. The van der Waals surface area contributed by atoms with Crippen LogP contribution in [0.1, 0.15) is 12.0 Å². The fraction of sp³-hybridized carbons (Fsp3) is 0.174. The number of halogens is 2. The van der Waals surface area contributed by atoms with Crippen molar-refractivity contribution in [3.8, 4) is 11.5 Å². The van der Waals surface area contributed by atoms with Crippen LogP contribution in [0.3, 0.4) is 0 Å². The monoisotopic (exact) mass is 517 g/mol. The molecule has 4 nitrogen and oxygen atoms in total. The number of rotatable bonds is 9. The summed E-state index contributed by atoms with van der Waals surface area (Å²) >= 11 is 6.79. The van der Waals surface area contributed by atoms with E-state index in [-0.39, 0.29) is 12.5 Å². The molecule has 3 rings (SSSR count).